The molecular formula is C19H19NO. The van der Waals surface area contributed by atoms with Gasteiger partial charge in [0.15, 0.2) is 0 Å². The van der Waals surface area contributed by atoms with Gasteiger partial charge in [-0.3, -0.25) is 9.36 Å². The smallest absolute Gasteiger partial charge is 0.218 e. The van der Waals surface area contributed by atoms with Gasteiger partial charge in [-0.2, -0.15) is 0 Å². The van der Waals surface area contributed by atoms with Crippen molar-refractivity contribution in [1.29, 1.82) is 0 Å². The molecule has 0 unspecified atom stereocenters. The van der Waals surface area contributed by atoms with E-state index in [4.69, 9.17) is 0 Å². The standard InChI is InChI=1S/C19H19NO/c1-2-3-7-15-8-6-9-16(12-15)18-13-20(14-21)19-11-5-4-10-17(18)19/h4-6,8-14H,2-3,7H2,1H3. The topological polar surface area (TPSA) is 22.0 Å². The van der Waals surface area contributed by atoms with Crippen LogP contribution in [0.25, 0.3) is 22.0 Å². The van der Waals surface area contributed by atoms with Crippen LogP contribution in [0, 0.1) is 0 Å². The summed E-state index contributed by atoms with van der Waals surface area (Å²) in [6.07, 6.45) is 6.31. The number of carbonyl (C=O) groups excluding carboxylic acids is 1. The van der Waals surface area contributed by atoms with Gasteiger partial charge in [0, 0.05) is 17.1 Å². The first kappa shape index (κ1) is 13.6. The van der Waals surface area contributed by atoms with Crippen LogP contribution in [-0.2, 0) is 11.2 Å². The van der Waals surface area contributed by atoms with Crippen LogP contribution in [0.2, 0.25) is 0 Å². The lowest BCUT2D eigenvalue weighted by Gasteiger charge is -2.04. The third-order valence-corrected chi connectivity index (χ3v) is 3.91. The molecule has 0 amide bonds. The molecule has 2 nitrogen and oxygen atoms in total. The Morgan fingerprint density at radius 3 is 2.76 bits per heavy atom. The van der Waals surface area contributed by atoms with Crippen molar-refractivity contribution in [3.63, 3.8) is 0 Å². The van der Waals surface area contributed by atoms with Crippen molar-refractivity contribution in [2.45, 2.75) is 26.2 Å². The van der Waals surface area contributed by atoms with Crippen LogP contribution in [0.4, 0.5) is 0 Å². The lowest BCUT2D eigenvalue weighted by molar-refractivity contribution is 0.549. The largest absolute Gasteiger partial charge is 0.289 e. The fourth-order valence-electron chi connectivity index (χ4n) is 2.80. The van der Waals surface area contributed by atoms with Gasteiger partial charge in [-0.1, -0.05) is 55.8 Å². The minimum Gasteiger partial charge on any atom is -0.289 e. The highest BCUT2D eigenvalue weighted by Crippen LogP contribution is 2.30. The molecule has 0 saturated carbocycles. The van der Waals surface area contributed by atoms with Gasteiger partial charge in [-0.05, 0) is 30.0 Å². The first-order chi connectivity index (χ1) is 10.3. The molecule has 0 spiro atoms. The summed E-state index contributed by atoms with van der Waals surface area (Å²) in [5.41, 5.74) is 4.62. The van der Waals surface area contributed by atoms with Crippen LogP contribution in [0.15, 0.2) is 54.7 Å². The summed E-state index contributed by atoms with van der Waals surface area (Å²) in [5.74, 6) is 0. The number of fused-ring (bicyclic) bond motifs is 1. The lowest BCUT2D eigenvalue weighted by Crippen LogP contribution is -1.90. The lowest BCUT2D eigenvalue weighted by atomic mass is 10.0. The average molecular weight is 277 g/mol. The molecule has 21 heavy (non-hydrogen) atoms. The summed E-state index contributed by atoms with van der Waals surface area (Å²) < 4.78 is 1.66. The summed E-state index contributed by atoms with van der Waals surface area (Å²) in [7, 11) is 0. The van der Waals surface area contributed by atoms with Gasteiger partial charge in [0.1, 0.15) is 0 Å². The molecule has 3 aromatic rings. The summed E-state index contributed by atoms with van der Waals surface area (Å²) in [6, 6.07) is 16.7. The van der Waals surface area contributed by atoms with E-state index in [2.05, 4.69) is 37.3 Å². The second-order valence-electron chi connectivity index (χ2n) is 5.38. The summed E-state index contributed by atoms with van der Waals surface area (Å²) >= 11 is 0. The van der Waals surface area contributed by atoms with E-state index in [0.717, 1.165) is 29.3 Å². The zero-order valence-electron chi connectivity index (χ0n) is 12.3. The number of para-hydroxylation sites is 1. The average Bonchev–Trinajstić information content (AvgIpc) is 2.92. The summed E-state index contributed by atoms with van der Waals surface area (Å²) in [6.45, 7) is 2.21. The first-order valence-corrected chi connectivity index (χ1v) is 7.47. The fourth-order valence-corrected chi connectivity index (χ4v) is 2.80. The number of hydrogen-bond donors (Lipinski definition) is 0. The zero-order chi connectivity index (χ0) is 14.7. The second-order valence-corrected chi connectivity index (χ2v) is 5.38. The fraction of sp³-hybridized carbons (Fsp3) is 0.211. The molecule has 2 heteroatoms. The molecule has 106 valence electrons. The van der Waals surface area contributed by atoms with Crippen LogP contribution in [-0.4, -0.2) is 11.0 Å². The van der Waals surface area contributed by atoms with Gasteiger partial charge in [-0.25, -0.2) is 0 Å². The van der Waals surface area contributed by atoms with Crippen LogP contribution in [0.5, 0.6) is 0 Å². The van der Waals surface area contributed by atoms with Crippen molar-refractivity contribution in [2.75, 3.05) is 0 Å². The van der Waals surface area contributed by atoms with E-state index in [1.165, 1.54) is 24.0 Å². The SMILES string of the molecule is CCCCc1cccc(-c2cn(C=O)c3ccccc23)c1. The van der Waals surface area contributed by atoms with E-state index in [-0.39, 0.29) is 0 Å². The number of aromatic nitrogens is 1. The Labute approximate surface area is 125 Å². The highest BCUT2D eigenvalue weighted by atomic mass is 16.1. The molecule has 0 aliphatic heterocycles. The third-order valence-electron chi connectivity index (χ3n) is 3.91. The highest BCUT2D eigenvalue weighted by Gasteiger charge is 2.09. The van der Waals surface area contributed by atoms with Crippen molar-refractivity contribution in [3.8, 4) is 11.1 Å². The second kappa shape index (κ2) is 5.96. The quantitative estimate of drug-likeness (QED) is 0.620. The van der Waals surface area contributed by atoms with E-state index in [9.17, 15) is 4.79 Å². The first-order valence-electron chi connectivity index (χ1n) is 7.47. The van der Waals surface area contributed by atoms with E-state index in [1.54, 1.807) is 4.57 Å². The monoisotopic (exact) mass is 277 g/mol. The molecule has 0 aliphatic rings. The van der Waals surface area contributed by atoms with Crippen LogP contribution in [0.3, 0.4) is 0 Å². The Kier molecular flexibility index (Phi) is 3.87. The molecule has 1 aromatic heterocycles. The molecule has 2 aromatic carbocycles. The maximum atomic E-state index is 11.2. The van der Waals surface area contributed by atoms with Gasteiger partial charge in [-0.15, -0.1) is 0 Å². The van der Waals surface area contributed by atoms with E-state index in [1.807, 2.05) is 24.4 Å². The zero-order valence-corrected chi connectivity index (χ0v) is 12.3. The molecule has 0 aliphatic carbocycles. The molecule has 0 radical (unpaired) electrons. The molecular weight excluding hydrogens is 258 g/mol. The Balaban J connectivity index is 2.10. The normalized spacial score (nSPS) is 10.9. The number of unbranched alkanes of at least 4 members (excludes halogenated alkanes) is 1. The van der Waals surface area contributed by atoms with E-state index < -0.39 is 0 Å². The van der Waals surface area contributed by atoms with Crippen LogP contribution < -0.4 is 0 Å². The molecule has 0 fully saturated rings. The maximum absolute atomic E-state index is 11.2. The molecule has 0 atom stereocenters. The van der Waals surface area contributed by atoms with Crippen molar-refractivity contribution in [2.24, 2.45) is 0 Å². The van der Waals surface area contributed by atoms with Crippen molar-refractivity contribution in [1.82, 2.24) is 4.57 Å². The number of benzene rings is 2. The van der Waals surface area contributed by atoms with Crippen molar-refractivity contribution >= 4 is 17.3 Å². The third kappa shape index (κ3) is 2.62. The van der Waals surface area contributed by atoms with Gasteiger partial charge in [0.05, 0.1) is 5.52 Å². The number of aryl methyl sites for hydroxylation is 1. The number of hydrogen-bond acceptors (Lipinski definition) is 1. The number of rotatable bonds is 5. The molecule has 1 heterocycles. The van der Waals surface area contributed by atoms with Gasteiger partial charge in [0.2, 0.25) is 6.41 Å². The summed E-state index contributed by atoms with van der Waals surface area (Å²) in [4.78, 5) is 11.2. The summed E-state index contributed by atoms with van der Waals surface area (Å²) in [5, 5.41) is 1.12. The van der Waals surface area contributed by atoms with Crippen molar-refractivity contribution in [3.05, 3.63) is 60.3 Å². The number of carbonyl (C=O) groups is 1. The Hall–Kier alpha value is -2.35. The minimum absolute atomic E-state index is 0.868. The Morgan fingerprint density at radius 2 is 1.95 bits per heavy atom. The molecule has 0 bridgehead atoms. The van der Waals surface area contributed by atoms with Gasteiger partial charge < -0.3 is 0 Å². The van der Waals surface area contributed by atoms with E-state index in [0.29, 0.717) is 0 Å². The number of nitrogens with zero attached hydrogens (tertiary/aromatic N) is 1. The van der Waals surface area contributed by atoms with Gasteiger partial charge in [0.25, 0.3) is 0 Å². The Morgan fingerprint density at radius 1 is 1.10 bits per heavy atom. The predicted molar refractivity (Wildman–Crippen MR) is 88.1 cm³/mol. The van der Waals surface area contributed by atoms with Gasteiger partial charge >= 0.3 is 0 Å². The predicted octanol–water partition coefficient (Wildman–Crippen LogP) is 4.69. The minimum atomic E-state index is 0.868. The highest BCUT2D eigenvalue weighted by molar-refractivity contribution is 5.98. The molecule has 0 N–H and O–H groups in total. The Bertz CT molecular complexity index is 770. The maximum Gasteiger partial charge on any atom is 0.218 e. The van der Waals surface area contributed by atoms with Crippen molar-refractivity contribution < 1.29 is 4.79 Å². The molecule has 3 rings (SSSR count). The van der Waals surface area contributed by atoms with Crippen LogP contribution in [0.1, 0.15) is 25.3 Å². The van der Waals surface area contributed by atoms with E-state index >= 15 is 0 Å². The molecule has 0 saturated heterocycles. The van der Waals surface area contributed by atoms with Crippen LogP contribution >= 0.6 is 0 Å².